The molecule has 0 aliphatic heterocycles. The fourth-order valence-corrected chi connectivity index (χ4v) is 8.44. The third-order valence-electron chi connectivity index (χ3n) is 13.0. The van der Waals surface area contributed by atoms with E-state index in [4.69, 9.17) is 14.2 Å². The van der Waals surface area contributed by atoms with Crippen molar-refractivity contribution < 1.29 is 28.6 Å². The molecule has 0 radical (unpaired) electrons. The van der Waals surface area contributed by atoms with Gasteiger partial charge in [-0.1, -0.05) is 291 Å². The van der Waals surface area contributed by atoms with E-state index in [0.717, 1.165) is 116 Å². The molecule has 0 rings (SSSR count). The second kappa shape index (κ2) is 61.6. The van der Waals surface area contributed by atoms with Crippen molar-refractivity contribution >= 4 is 17.9 Å². The summed E-state index contributed by atoms with van der Waals surface area (Å²) in [6.07, 6.45) is 84.3. The Balaban J connectivity index is 4.18. The lowest BCUT2D eigenvalue weighted by molar-refractivity contribution is -0.167. The Bertz CT molecular complexity index is 1510. The molecule has 0 N–H and O–H groups in total. The molecule has 0 saturated carbocycles. The van der Waals surface area contributed by atoms with E-state index in [1.54, 1.807) is 0 Å². The lowest BCUT2D eigenvalue weighted by Crippen LogP contribution is -2.30. The van der Waals surface area contributed by atoms with Gasteiger partial charge in [-0.2, -0.15) is 0 Å². The maximum absolute atomic E-state index is 12.8. The van der Waals surface area contributed by atoms with Gasteiger partial charge in [0.1, 0.15) is 13.2 Å². The Morgan fingerprint density at radius 3 is 0.824 bits per heavy atom. The van der Waals surface area contributed by atoms with Gasteiger partial charge in [-0.25, -0.2) is 0 Å². The van der Waals surface area contributed by atoms with Crippen LogP contribution in [0, 0.1) is 0 Å². The average Bonchev–Trinajstić information content (AvgIpc) is 3.40. The molecule has 74 heavy (non-hydrogen) atoms. The standard InChI is InChI=1S/C68H114O6/c1-4-7-10-13-15-17-19-21-23-25-27-29-31-32-33-34-35-36-37-39-40-42-44-46-48-50-52-55-58-61-67(70)73-64-65(63-72-66(69)60-57-54-12-9-6-3)74-68(71)62-59-56-53-51-49-47-45-43-41-38-30-28-26-24-22-20-18-16-14-11-8-5-2/h7,10,15,17,21,23,27,29,32-33,35-36,39-40,44,46,50,52,65H,4-6,8-9,11-14,16,18-20,22,24-26,28,30-31,34,37-38,41-43,45,47-49,51,53-64H2,1-3H3/b10-7-,17-15-,23-21-,29-27-,33-32-,36-35-,40-39-,46-44-,52-50-. The molecular formula is C68H114O6. The predicted molar refractivity (Wildman–Crippen MR) is 320 cm³/mol. The van der Waals surface area contributed by atoms with Gasteiger partial charge in [-0.3, -0.25) is 14.4 Å². The zero-order chi connectivity index (χ0) is 53.6. The normalized spacial score (nSPS) is 12.9. The molecule has 1 atom stereocenters. The van der Waals surface area contributed by atoms with E-state index in [-0.39, 0.29) is 37.5 Å². The molecule has 0 aromatic rings. The van der Waals surface area contributed by atoms with Crippen LogP contribution in [0.2, 0.25) is 0 Å². The molecule has 6 heteroatoms. The average molecular weight is 1030 g/mol. The zero-order valence-electron chi connectivity index (χ0n) is 48.3. The summed E-state index contributed by atoms with van der Waals surface area (Å²) in [7, 11) is 0. The fraction of sp³-hybridized carbons (Fsp3) is 0.691. The van der Waals surface area contributed by atoms with Crippen molar-refractivity contribution in [2.45, 2.75) is 290 Å². The Kier molecular flexibility index (Phi) is 58.3. The first-order valence-corrected chi connectivity index (χ1v) is 30.9. The molecule has 0 bridgehead atoms. The molecule has 0 aromatic heterocycles. The van der Waals surface area contributed by atoms with Crippen LogP contribution in [0.15, 0.2) is 109 Å². The highest BCUT2D eigenvalue weighted by atomic mass is 16.6. The van der Waals surface area contributed by atoms with E-state index in [0.29, 0.717) is 19.3 Å². The van der Waals surface area contributed by atoms with Gasteiger partial charge < -0.3 is 14.2 Å². The van der Waals surface area contributed by atoms with Gasteiger partial charge in [0, 0.05) is 19.3 Å². The molecule has 0 heterocycles. The first-order valence-electron chi connectivity index (χ1n) is 30.9. The minimum Gasteiger partial charge on any atom is -0.462 e. The van der Waals surface area contributed by atoms with Gasteiger partial charge in [0.25, 0.3) is 0 Å². The number of carbonyl (C=O) groups excluding carboxylic acids is 3. The summed E-state index contributed by atoms with van der Waals surface area (Å²) in [5.41, 5.74) is 0. The molecule has 0 aliphatic rings. The van der Waals surface area contributed by atoms with Crippen LogP contribution < -0.4 is 0 Å². The summed E-state index contributed by atoms with van der Waals surface area (Å²) in [5, 5.41) is 0. The van der Waals surface area contributed by atoms with E-state index in [1.165, 1.54) is 122 Å². The Morgan fingerprint density at radius 1 is 0.284 bits per heavy atom. The van der Waals surface area contributed by atoms with Gasteiger partial charge in [0.2, 0.25) is 0 Å². The van der Waals surface area contributed by atoms with Gasteiger partial charge in [-0.05, 0) is 83.5 Å². The number of unbranched alkanes of at least 4 members (excludes halogenated alkanes) is 26. The molecule has 0 spiro atoms. The number of hydrogen-bond donors (Lipinski definition) is 0. The van der Waals surface area contributed by atoms with Crippen molar-refractivity contribution in [3.8, 4) is 0 Å². The first kappa shape index (κ1) is 70.1. The van der Waals surface area contributed by atoms with Crippen molar-refractivity contribution in [1.82, 2.24) is 0 Å². The van der Waals surface area contributed by atoms with Crippen LogP contribution in [0.1, 0.15) is 284 Å². The highest BCUT2D eigenvalue weighted by Gasteiger charge is 2.19. The smallest absolute Gasteiger partial charge is 0.306 e. The third kappa shape index (κ3) is 59.0. The largest absolute Gasteiger partial charge is 0.462 e. The van der Waals surface area contributed by atoms with Gasteiger partial charge in [0.15, 0.2) is 6.10 Å². The van der Waals surface area contributed by atoms with E-state index in [2.05, 4.69) is 130 Å². The van der Waals surface area contributed by atoms with Crippen LogP contribution in [0.4, 0.5) is 0 Å². The molecule has 6 nitrogen and oxygen atoms in total. The summed E-state index contributed by atoms with van der Waals surface area (Å²) >= 11 is 0. The number of hydrogen-bond acceptors (Lipinski definition) is 6. The Labute approximate surface area is 457 Å². The molecule has 0 amide bonds. The van der Waals surface area contributed by atoms with Crippen molar-refractivity contribution in [3.63, 3.8) is 0 Å². The summed E-state index contributed by atoms with van der Waals surface area (Å²) in [6, 6.07) is 0. The number of esters is 3. The zero-order valence-corrected chi connectivity index (χ0v) is 48.3. The molecule has 0 saturated heterocycles. The van der Waals surface area contributed by atoms with Gasteiger partial charge in [0.05, 0.1) is 0 Å². The predicted octanol–water partition coefficient (Wildman–Crippen LogP) is 21.0. The van der Waals surface area contributed by atoms with Crippen LogP contribution in [0.25, 0.3) is 0 Å². The molecule has 422 valence electrons. The van der Waals surface area contributed by atoms with Crippen molar-refractivity contribution in [2.75, 3.05) is 13.2 Å². The topological polar surface area (TPSA) is 78.9 Å². The maximum Gasteiger partial charge on any atom is 0.306 e. The van der Waals surface area contributed by atoms with Crippen molar-refractivity contribution in [3.05, 3.63) is 109 Å². The highest BCUT2D eigenvalue weighted by molar-refractivity contribution is 5.71. The van der Waals surface area contributed by atoms with Gasteiger partial charge in [-0.15, -0.1) is 0 Å². The quantitative estimate of drug-likeness (QED) is 0.0261. The van der Waals surface area contributed by atoms with Crippen molar-refractivity contribution in [1.29, 1.82) is 0 Å². The second-order valence-corrected chi connectivity index (χ2v) is 20.2. The van der Waals surface area contributed by atoms with Gasteiger partial charge >= 0.3 is 17.9 Å². The second-order valence-electron chi connectivity index (χ2n) is 20.2. The van der Waals surface area contributed by atoms with Crippen LogP contribution in [-0.2, 0) is 28.6 Å². The fourth-order valence-electron chi connectivity index (χ4n) is 8.44. The minimum absolute atomic E-state index is 0.0955. The van der Waals surface area contributed by atoms with E-state index >= 15 is 0 Å². The number of ether oxygens (including phenoxy) is 3. The lowest BCUT2D eigenvalue weighted by Gasteiger charge is -2.18. The lowest BCUT2D eigenvalue weighted by atomic mass is 10.0. The van der Waals surface area contributed by atoms with Crippen molar-refractivity contribution in [2.24, 2.45) is 0 Å². The minimum atomic E-state index is -0.798. The molecule has 1 unspecified atom stereocenters. The van der Waals surface area contributed by atoms with Crippen LogP contribution >= 0.6 is 0 Å². The number of allylic oxidation sites excluding steroid dienone is 18. The van der Waals surface area contributed by atoms with E-state index < -0.39 is 6.10 Å². The third-order valence-corrected chi connectivity index (χ3v) is 13.0. The summed E-state index contributed by atoms with van der Waals surface area (Å²) in [6.45, 7) is 6.41. The monoisotopic (exact) mass is 1030 g/mol. The van der Waals surface area contributed by atoms with Crippen LogP contribution in [0.5, 0.6) is 0 Å². The van der Waals surface area contributed by atoms with Crippen LogP contribution in [-0.4, -0.2) is 37.2 Å². The van der Waals surface area contributed by atoms with Crippen LogP contribution in [0.3, 0.4) is 0 Å². The van der Waals surface area contributed by atoms with E-state index in [1.807, 2.05) is 0 Å². The summed E-state index contributed by atoms with van der Waals surface area (Å²) in [4.78, 5) is 37.8. The van der Waals surface area contributed by atoms with E-state index in [9.17, 15) is 14.4 Å². The molecule has 0 aliphatic carbocycles. The Hall–Kier alpha value is -3.93. The summed E-state index contributed by atoms with van der Waals surface area (Å²) in [5.74, 6) is -0.966. The highest BCUT2D eigenvalue weighted by Crippen LogP contribution is 2.16. The molecular weight excluding hydrogens is 913 g/mol. The maximum atomic E-state index is 12.8. The number of carbonyl (C=O) groups is 3. The summed E-state index contributed by atoms with van der Waals surface area (Å²) < 4.78 is 16.7. The first-order chi connectivity index (χ1) is 36.5. The Morgan fingerprint density at radius 2 is 0.527 bits per heavy atom. The molecule has 0 aromatic carbocycles. The number of rotatable bonds is 55. The molecule has 0 fully saturated rings. The SMILES string of the molecule is CC/C=C\C/C=C\C/C=C\C/C=C\C/C=C\C/C=C\C/C=C\C/C=C\C/C=C\CCCC(=O)OCC(COC(=O)CCCCCCC)OC(=O)CCCCCCCCCCCCCCCCCCCCCCCC.